The van der Waals surface area contributed by atoms with Gasteiger partial charge in [0.25, 0.3) is 0 Å². The molecule has 2 aromatic carbocycles. The largest absolute Gasteiger partial charge is 2.00 e. The fraction of sp³-hybridized carbons (Fsp3) is 0.395. The molecule has 1 atom stereocenters. The van der Waals surface area contributed by atoms with Crippen LogP contribution in [0, 0.1) is 102 Å². The van der Waals surface area contributed by atoms with Gasteiger partial charge in [-0.2, -0.15) is 21.6 Å². The second-order valence-electron chi connectivity index (χ2n) is 14.6. The van der Waals surface area contributed by atoms with Gasteiger partial charge in [-0.05, 0) is 168 Å². The van der Waals surface area contributed by atoms with E-state index in [1.165, 1.54) is 47.4 Å². The Bertz CT molecular complexity index is 1330. The first-order chi connectivity index (χ1) is 24.2. The average Bonchev–Trinajstić information content (AvgIpc) is 3.73. The summed E-state index contributed by atoms with van der Waals surface area (Å²) in [4.78, 5) is 0. The Morgan fingerprint density at radius 1 is 0.642 bits per heavy atom. The molecule has 0 heterocycles. The van der Waals surface area contributed by atoms with Gasteiger partial charge in [0.05, 0.1) is 0 Å². The van der Waals surface area contributed by atoms with E-state index in [4.69, 9.17) is 13.0 Å². The van der Waals surface area contributed by atoms with E-state index < -0.39 is 23.5 Å². The maximum Gasteiger partial charge on any atom is 2.00 e. The van der Waals surface area contributed by atoms with Crippen LogP contribution in [-0.4, -0.2) is 34.5 Å². The maximum atomic E-state index is 10.7. The number of hydrogen-bond acceptors (Lipinski definition) is 2. The van der Waals surface area contributed by atoms with Gasteiger partial charge in [-0.15, -0.1) is 0 Å². The molecule has 0 bridgehead atoms. The molecule has 0 aliphatic heterocycles. The van der Waals surface area contributed by atoms with Gasteiger partial charge in [0.2, 0.25) is 0 Å². The summed E-state index contributed by atoms with van der Waals surface area (Å²) in [6, 6.07) is 18.0. The first-order valence-corrected chi connectivity index (χ1v) is 21.8. The van der Waals surface area contributed by atoms with Crippen LogP contribution in [0.1, 0.15) is 85.3 Å². The maximum absolute atomic E-state index is 10.7. The third kappa shape index (κ3) is 17.3. The second-order valence-corrected chi connectivity index (χ2v) is 22.4. The van der Waals surface area contributed by atoms with Crippen molar-refractivity contribution in [2.24, 2.45) is 0 Å². The standard InChI is InChI=1S/C29H39P2.C8H12.C5H5.CHF3O3S.Rh/c1-21-15-10-12-18-25(21)30(26-19-13-11-16-22(26)2)23(3)24-17-14-20-27(24)31(28(4,5)6)29(7,8)9;1-2-4-6-8-7-5-3-1;1-2-4-5-3-1;2-1(3,4)8(5,6)7;/h10-20,23H,1-9H3;1-2,7-8H,3-6H2;1-5H;(H,5,6,7);/q;;;;+2. The molecule has 10 heteroatoms. The van der Waals surface area contributed by atoms with Crippen molar-refractivity contribution in [2.75, 3.05) is 0 Å². The molecule has 1 N–H and O–H groups in total. The van der Waals surface area contributed by atoms with Crippen LogP contribution in [-0.2, 0) is 29.6 Å². The fourth-order valence-electron chi connectivity index (χ4n) is 6.24. The topological polar surface area (TPSA) is 54.4 Å². The fourth-order valence-corrected chi connectivity index (χ4v) is 13.6. The van der Waals surface area contributed by atoms with Crippen LogP contribution >= 0.6 is 15.8 Å². The van der Waals surface area contributed by atoms with Crippen molar-refractivity contribution in [2.45, 2.75) is 109 Å². The molecule has 3 nitrogen and oxygen atoms in total. The molecule has 53 heavy (non-hydrogen) atoms. The van der Waals surface area contributed by atoms with Crippen molar-refractivity contribution in [3.8, 4) is 0 Å². The normalized spacial score (nSPS) is 18.3. The van der Waals surface area contributed by atoms with E-state index >= 15 is 0 Å². The Morgan fingerprint density at radius 3 is 1.28 bits per heavy atom. The molecule has 15 radical (unpaired) electrons. The molecule has 0 saturated heterocycles. The number of hydrogen-bond donors (Lipinski definition) is 1. The van der Waals surface area contributed by atoms with E-state index in [9.17, 15) is 13.2 Å². The molecular weight excluding hydrogens is 818 g/mol. The third-order valence-electron chi connectivity index (χ3n) is 8.18. The van der Waals surface area contributed by atoms with E-state index in [1.54, 1.807) is 11.6 Å². The Kier molecular flexibility index (Phi) is 22.7. The van der Waals surface area contributed by atoms with Crippen LogP contribution < -0.4 is 10.6 Å². The monoisotopic (exact) mass is 875 g/mol. The molecule has 3 aliphatic carbocycles. The molecule has 0 aromatic heterocycles. The number of benzene rings is 2. The minimum absolute atomic E-state index is 0. The first kappa shape index (κ1) is 50.6. The van der Waals surface area contributed by atoms with Gasteiger partial charge in [-0.3, -0.25) is 4.55 Å². The molecule has 0 spiro atoms. The zero-order valence-electron chi connectivity index (χ0n) is 32.5. The number of rotatable bonds is 5. The Morgan fingerprint density at radius 2 is 0.981 bits per heavy atom. The number of aryl methyl sites for hydroxylation is 2. The van der Waals surface area contributed by atoms with Crippen molar-refractivity contribution < 1.29 is 45.6 Å². The van der Waals surface area contributed by atoms with Crippen molar-refractivity contribution in [1.82, 2.24) is 0 Å². The molecule has 0 amide bonds. The summed E-state index contributed by atoms with van der Waals surface area (Å²) >= 11 is 0. The van der Waals surface area contributed by atoms with Crippen LogP contribution in [0.3, 0.4) is 0 Å². The van der Waals surface area contributed by atoms with Crippen LogP contribution in [0.15, 0.2) is 48.5 Å². The van der Waals surface area contributed by atoms with Crippen LogP contribution in [0.5, 0.6) is 0 Å². The van der Waals surface area contributed by atoms with E-state index in [0.29, 0.717) is 5.66 Å². The molecule has 1 unspecified atom stereocenters. The zero-order chi connectivity index (χ0) is 39.2. The third-order valence-corrected chi connectivity index (χ3v) is 15.4. The molecule has 2 aromatic rings. The van der Waals surface area contributed by atoms with E-state index in [1.807, 2.05) is 32.1 Å². The Labute approximate surface area is 338 Å². The smallest absolute Gasteiger partial charge is 0.279 e. The van der Waals surface area contributed by atoms with Crippen LogP contribution in [0.2, 0.25) is 0 Å². The average molecular weight is 876 g/mol. The Hall–Kier alpha value is -0.377. The molecule has 3 saturated carbocycles. The summed E-state index contributed by atoms with van der Waals surface area (Å²) in [5, 5.41) is 3.57. The van der Waals surface area contributed by atoms with Gasteiger partial charge in [-0.25, -0.2) is 0 Å². The minimum Gasteiger partial charge on any atom is -0.279 e. The van der Waals surface area contributed by atoms with Crippen molar-refractivity contribution in [1.29, 1.82) is 0 Å². The van der Waals surface area contributed by atoms with Gasteiger partial charge < -0.3 is 0 Å². The molecule has 291 valence electrons. The molecule has 5 rings (SSSR count). The summed E-state index contributed by atoms with van der Waals surface area (Å²) in [5.74, 6) is 1.56. The van der Waals surface area contributed by atoms with Crippen molar-refractivity contribution in [3.05, 3.63) is 148 Å². The van der Waals surface area contributed by atoms with Gasteiger partial charge >= 0.3 is 35.1 Å². The SMILES string of the molecule is Cc1ccccc1P(c1ccccc1C)C(C)[C]1[CH][CH][CH][C]1P(C(C)(C)C)C(C)(C)C.O=S(=O)(O)C(F)(F)F.[CH]1[CH]CC[CH][CH]CC1.[CH]1[CH][CH][CH][CH]1.[Rh+2]. The predicted molar refractivity (Wildman–Crippen MR) is 219 cm³/mol. The summed E-state index contributed by atoms with van der Waals surface area (Å²) < 4.78 is 57.5. The van der Waals surface area contributed by atoms with E-state index in [0.717, 1.165) is 0 Å². The second kappa shape index (κ2) is 23.8. The quantitative estimate of drug-likeness (QED) is 0.141. The van der Waals surface area contributed by atoms with E-state index in [2.05, 4.69) is 156 Å². The first-order valence-electron chi connectivity index (χ1n) is 17.6. The number of alkyl halides is 3. The summed E-state index contributed by atoms with van der Waals surface area (Å²) in [6.07, 6.45) is 31.1. The predicted octanol–water partition coefficient (Wildman–Crippen LogP) is 11.7. The van der Waals surface area contributed by atoms with Gasteiger partial charge in [0, 0.05) is 5.66 Å². The van der Waals surface area contributed by atoms with Crippen molar-refractivity contribution in [3.63, 3.8) is 0 Å². The zero-order valence-corrected chi connectivity index (χ0v) is 36.7. The van der Waals surface area contributed by atoms with Crippen LogP contribution in [0.25, 0.3) is 0 Å². The molecular formula is C43H57F3O3P2RhS+2. The van der Waals surface area contributed by atoms with Gasteiger partial charge in [0.15, 0.2) is 0 Å². The molecule has 3 aliphatic rings. The van der Waals surface area contributed by atoms with Gasteiger partial charge in [0.1, 0.15) is 0 Å². The molecule has 3 fully saturated rings. The Balaban J connectivity index is 0.000000513. The van der Waals surface area contributed by atoms with E-state index in [-0.39, 0.29) is 37.7 Å². The van der Waals surface area contributed by atoms with Gasteiger partial charge in [-0.1, -0.05) is 105 Å². The van der Waals surface area contributed by atoms with Crippen LogP contribution in [0.4, 0.5) is 13.2 Å². The minimum atomic E-state index is -5.84. The summed E-state index contributed by atoms with van der Waals surface area (Å²) in [5.41, 5.74) is -0.641. The summed E-state index contributed by atoms with van der Waals surface area (Å²) in [7, 11) is -6.67. The summed E-state index contributed by atoms with van der Waals surface area (Å²) in [6.45, 7) is 21.6. The number of halogens is 3. The van der Waals surface area contributed by atoms with Crippen molar-refractivity contribution >= 4 is 36.6 Å².